The minimum Gasteiger partial charge on any atom is -0.351 e. The normalized spacial score (nSPS) is 15.5. The van der Waals surface area contributed by atoms with Crippen LogP contribution >= 0.6 is 11.6 Å². The van der Waals surface area contributed by atoms with Gasteiger partial charge in [0.25, 0.3) is 0 Å². The molecular formula is C18H20ClN3. The summed E-state index contributed by atoms with van der Waals surface area (Å²) in [6.07, 6.45) is 7.89. The molecule has 0 spiro atoms. The van der Waals surface area contributed by atoms with Crippen LogP contribution in [0, 0.1) is 0 Å². The van der Waals surface area contributed by atoms with Gasteiger partial charge in [-0.3, -0.25) is 0 Å². The lowest BCUT2D eigenvalue weighted by Crippen LogP contribution is -2.23. The zero-order chi connectivity index (χ0) is 15.4. The quantitative estimate of drug-likeness (QED) is 0.869. The molecule has 2 aromatic rings. The SMILES string of the molecule is C=C(c1ccccc1)c1nc(NC2CCCCC2)ncc1Cl. The van der Waals surface area contributed by atoms with Gasteiger partial charge in [0.05, 0.1) is 16.9 Å². The second-order valence-corrected chi connectivity index (χ2v) is 6.12. The fourth-order valence-electron chi connectivity index (χ4n) is 2.85. The first-order chi connectivity index (χ1) is 10.7. The van der Waals surface area contributed by atoms with Crippen LogP contribution in [-0.4, -0.2) is 16.0 Å². The van der Waals surface area contributed by atoms with Crippen LogP contribution in [0.3, 0.4) is 0 Å². The van der Waals surface area contributed by atoms with E-state index in [1.54, 1.807) is 6.20 Å². The monoisotopic (exact) mass is 313 g/mol. The molecule has 1 N–H and O–H groups in total. The molecule has 22 heavy (non-hydrogen) atoms. The molecule has 3 rings (SSSR count). The summed E-state index contributed by atoms with van der Waals surface area (Å²) in [6.45, 7) is 4.14. The van der Waals surface area contributed by atoms with Gasteiger partial charge in [-0.15, -0.1) is 0 Å². The topological polar surface area (TPSA) is 37.8 Å². The molecule has 1 fully saturated rings. The molecule has 4 heteroatoms. The number of anilines is 1. The van der Waals surface area contributed by atoms with Gasteiger partial charge in [-0.05, 0) is 18.4 Å². The Morgan fingerprint density at radius 2 is 1.86 bits per heavy atom. The third-order valence-electron chi connectivity index (χ3n) is 4.09. The number of halogens is 1. The Balaban J connectivity index is 1.82. The Kier molecular flexibility index (Phi) is 4.74. The number of benzene rings is 1. The number of nitrogens with zero attached hydrogens (tertiary/aromatic N) is 2. The maximum Gasteiger partial charge on any atom is 0.223 e. The van der Waals surface area contributed by atoms with Crippen LogP contribution in [0.1, 0.15) is 43.4 Å². The maximum absolute atomic E-state index is 6.27. The van der Waals surface area contributed by atoms with Crippen molar-refractivity contribution in [2.75, 3.05) is 5.32 Å². The van der Waals surface area contributed by atoms with Gasteiger partial charge >= 0.3 is 0 Å². The summed E-state index contributed by atoms with van der Waals surface area (Å²) in [7, 11) is 0. The molecule has 1 saturated carbocycles. The second kappa shape index (κ2) is 6.93. The highest BCUT2D eigenvalue weighted by molar-refractivity contribution is 6.32. The summed E-state index contributed by atoms with van der Waals surface area (Å²) < 4.78 is 0. The van der Waals surface area contributed by atoms with E-state index in [2.05, 4.69) is 21.9 Å². The molecule has 1 aliphatic carbocycles. The minimum absolute atomic E-state index is 0.466. The molecule has 1 heterocycles. The molecule has 0 saturated heterocycles. The number of nitrogens with one attached hydrogen (secondary N) is 1. The molecule has 0 atom stereocenters. The molecule has 1 aromatic heterocycles. The van der Waals surface area contributed by atoms with Crippen molar-refractivity contribution in [3.05, 3.63) is 59.4 Å². The van der Waals surface area contributed by atoms with E-state index >= 15 is 0 Å². The highest BCUT2D eigenvalue weighted by Gasteiger charge is 2.16. The van der Waals surface area contributed by atoms with Crippen molar-refractivity contribution < 1.29 is 0 Å². The minimum atomic E-state index is 0.466. The van der Waals surface area contributed by atoms with Crippen molar-refractivity contribution in [3.8, 4) is 0 Å². The summed E-state index contributed by atoms with van der Waals surface area (Å²) in [6, 6.07) is 10.4. The van der Waals surface area contributed by atoms with E-state index in [0.29, 0.717) is 22.7 Å². The first-order valence-corrected chi connectivity index (χ1v) is 8.15. The lowest BCUT2D eigenvalue weighted by molar-refractivity contribution is 0.461. The van der Waals surface area contributed by atoms with E-state index in [9.17, 15) is 0 Å². The second-order valence-electron chi connectivity index (χ2n) is 5.71. The average molecular weight is 314 g/mol. The Hall–Kier alpha value is -1.87. The molecular weight excluding hydrogens is 294 g/mol. The molecule has 3 nitrogen and oxygen atoms in total. The zero-order valence-corrected chi connectivity index (χ0v) is 13.3. The smallest absolute Gasteiger partial charge is 0.223 e. The largest absolute Gasteiger partial charge is 0.351 e. The molecule has 0 unspecified atom stereocenters. The van der Waals surface area contributed by atoms with Crippen LogP contribution in [0.5, 0.6) is 0 Å². The van der Waals surface area contributed by atoms with Crippen molar-refractivity contribution in [2.24, 2.45) is 0 Å². The van der Waals surface area contributed by atoms with E-state index in [0.717, 1.165) is 11.1 Å². The molecule has 1 aliphatic rings. The molecule has 0 aliphatic heterocycles. The summed E-state index contributed by atoms with van der Waals surface area (Å²) >= 11 is 6.27. The van der Waals surface area contributed by atoms with Crippen LogP contribution in [0.25, 0.3) is 5.57 Å². The Labute approximate surface area is 136 Å². The van der Waals surface area contributed by atoms with Crippen LogP contribution in [0.15, 0.2) is 43.1 Å². The first kappa shape index (κ1) is 15.0. The van der Waals surface area contributed by atoms with E-state index in [1.165, 1.54) is 32.1 Å². The molecule has 114 valence electrons. The highest BCUT2D eigenvalue weighted by atomic mass is 35.5. The Morgan fingerprint density at radius 1 is 1.14 bits per heavy atom. The third-order valence-corrected chi connectivity index (χ3v) is 4.37. The number of rotatable bonds is 4. The van der Waals surface area contributed by atoms with Crippen LogP contribution in [-0.2, 0) is 0 Å². The molecule has 0 amide bonds. The third kappa shape index (κ3) is 3.47. The summed E-state index contributed by atoms with van der Waals surface area (Å²) in [4.78, 5) is 8.90. The Morgan fingerprint density at radius 3 is 2.59 bits per heavy atom. The fourth-order valence-corrected chi connectivity index (χ4v) is 3.06. The Bertz CT molecular complexity index is 649. The standard InChI is InChI=1S/C18H20ClN3/c1-13(14-8-4-2-5-9-14)17-16(19)12-20-18(22-17)21-15-10-6-3-7-11-15/h2,4-5,8-9,12,15H,1,3,6-7,10-11H2,(H,20,21,22). The van der Waals surface area contributed by atoms with Gasteiger partial charge in [-0.25, -0.2) is 9.97 Å². The molecule has 0 radical (unpaired) electrons. The van der Waals surface area contributed by atoms with Crippen LogP contribution in [0.4, 0.5) is 5.95 Å². The van der Waals surface area contributed by atoms with Gasteiger partial charge in [0.15, 0.2) is 0 Å². The maximum atomic E-state index is 6.27. The van der Waals surface area contributed by atoms with Crippen LogP contribution in [0.2, 0.25) is 5.02 Å². The summed E-state index contributed by atoms with van der Waals surface area (Å²) in [5.74, 6) is 0.642. The van der Waals surface area contributed by atoms with Crippen molar-refractivity contribution >= 4 is 23.1 Å². The van der Waals surface area contributed by atoms with E-state index in [4.69, 9.17) is 11.6 Å². The summed E-state index contributed by atoms with van der Waals surface area (Å²) in [5, 5.41) is 3.96. The van der Waals surface area contributed by atoms with Crippen LogP contribution < -0.4 is 5.32 Å². The van der Waals surface area contributed by atoms with E-state index in [1.807, 2.05) is 30.3 Å². The fraction of sp³-hybridized carbons (Fsp3) is 0.333. The van der Waals surface area contributed by atoms with Gasteiger partial charge in [0, 0.05) is 11.6 Å². The molecule has 1 aromatic carbocycles. The number of hydrogen-bond donors (Lipinski definition) is 1. The van der Waals surface area contributed by atoms with Gasteiger partial charge < -0.3 is 5.32 Å². The van der Waals surface area contributed by atoms with Crippen molar-refractivity contribution in [1.29, 1.82) is 0 Å². The van der Waals surface area contributed by atoms with Gasteiger partial charge in [0.1, 0.15) is 0 Å². The molecule has 0 bridgehead atoms. The summed E-state index contributed by atoms with van der Waals surface area (Å²) in [5.41, 5.74) is 2.53. The lowest BCUT2D eigenvalue weighted by atomic mass is 9.96. The average Bonchev–Trinajstić information content (AvgIpc) is 2.58. The van der Waals surface area contributed by atoms with Crippen molar-refractivity contribution in [1.82, 2.24) is 9.97 Å². The highest BCUT2D eigenvalue weighted by Crippen LogP contribution is 2.27. The van der Waals surface area contributed by atoms with Crippen molar-refractivity contribution in [2.45, 2.75) is 38.1 Å². The van der Waals surface area contributed by atoms with Gasteiger partial charge in [0.2, 0.25) is 5.95 Å². The lowest BCUT2D eigenvalue weighted by Gasteiger charge is -2.23. The van der Waals surface area contributed by atoms with Gasteiger partial charge in [-0.2, -0.15) is 0 Å². The zero-order valence-electron chi connectivity index (χ0n) is 12.6. The predicted octanol–water partition coefficient (Wildman–Crippen LogP) is 4.94. The number of aromatic nitrogens is 2. The van der Waals surface area contributed by atoms with Gasteiger partial charge in [-0.1, -0.05) is 67.8 Å². The first-order valence-electron chi connectivity index (χ1n) is 7.78. The van der Waals surface area contributed by atoms with E-state index in [-0.39, 0.29) is 0 Å². The van der Waals surface area contributed by atoms with Crippen molar-refractivity contribution in [3.63, 3.8) is 0 Å². The number of hydrogen-bond acceptors (Lipinski definition) is 3. The van der Waals surface area contributed by atoms with E-state index < -0.39 is 0 Å². The predicted molar refractivity (Wildman–Crippen MR) is 92.1 cm³/mol.